The van der Waals surface area contributed by atoms with Crippen LogP contribution >= 0.6 is 0 Å². The van der Waals surface area contributed by atoms with Crippen molar-refractivity contribution in [2.24, 2.45) is 0 Å². The predicted molar refractivity (Wildman–Crippen MR) is 64.6 cm³/mol. The monoisotopic (exact) mass is 271 g/mol. The molecule has 8 heteroatoms. The van der Waals surface area contributed by atoms with Crippen molar-refractivity contribution < 1.29 is 24.5 Å². The molecular weight excluding hydrogens is 252 g/mol. The molecule has 1 aromatic heterocycles. The first-order chi connectivity index (χ1) is 8.88. The first-order valence-electron chi connectivity index (χ1n) is 5.99. The van der Waals surface area contributed by atoms with Gasteiger partial charge in [0.15, 0.2) is 6.20 Å². The summed E-state index contributed by atoms with van der Waals surface area (Å²) in [5, 5.41) is 24.3. The lowest BCUT2D eigenvalue weighted by Crippen LogP contribution is -2.44. The summed E-state index contributed by atoms with van der Waals surface area (Å²) in [7, 11) is 0. The quantitative estimate of drug-likeness (QED) is 0.539. The number of aliphatic carboxylic acids is 2. The van der Waals surface area contributed by atoms with Crippen LogP contribution in [0.3, 0.4) is 0 Å². The number of H-pyrrole nitrogens is 1. The molecule has 0 saturated heterocycles. The zero-order valence-electron chi connectivity index (χ0n) is 11.0. The van der Waals surface area contributed by atoms with E-state index in [-0.39, 0.29) is 13.1 Å². The van der Waals surface area contributed by atoms with Crippen molar-refractivity contribution in [1.82, 2.24) is 15.2 Å². The standard InChI is InChI=1S/C11H18N4O4/c1-8(2)9-5-15(13-12-9)4-3-14(6-10(16)17)7-11(18)19/h5,8H,3-4,6-7H2,1-2H3,(H2,16,17,18,19)/p+1. The molecule has 0 atom stereocenters. The van der Waals surface area contributed by atoms with E-state index in [1.165, 1.54) is 4.90 Å². The van der Waals surface area contributed by atoms with Gasteiger partial charge in [-0.15, -0.1) is 0 Å². The molecule has 0 aromatic carbocycles. The van der Waals surface area contributed by atoms with Crippen LogP contribution in [0.25, 0.3) is 0 Å². The fraction of sp³-hybridized carbons (Fsp3) is 0.636. The van der Waals surface area contributed by atoms with Crippen LogP contribution in [-0.4, -0.2) is 57.0 Å². The van der Waals surface area contributed by atoms with Crippen molar-refractivity contribution in [2.45, 2.75) is 26.3 Å². The topological polar surface area (TPSA) is 110 Å². The van der Waals surface area contributed by atoms with Gasteiger partial charge in [-0.05, 0) is 0 Å². The molecule has 3 N–H and O–H groups in total. The maximum atomic E-state index is 10.6. The molecule has 0 saturated carbocycles. The summed E-state index contributed by atoms with van der Waals surface area (Å²) >= 11 is 0. The van der Waals surface area contributed by atoms with E-state index in [0.29, 0.717) is 19.0 Å². The third-order valence-electron chi connectivity index (χ3n) is 2.56. The van der Waals surface area contributed by atoms with Crippen molar-refractivity contribution >= 4 is 11.9 Å². The molecule has 106 valence electrons. The molecule has 0 amide bonds. The van der Waals surface area contributed by atoms with Crippen molar-refractivity contribution in [3.63, 3.8) is 0 Å². The van der Waals surface area contributed by atoms with Crippen LogP contribution < -0.4 is 4.68 Å². The van der Waals surface area contributed by atoms with Crippen LogP contribution in [0.5, 0.6) is 0 Å². The molecule has 0 radical (unpaired) electrons. The fourth-order valence-electron chi connectivity index (χ4n) is 1.58. The molecular formula is C11H19N4O4+. The largest absolute Gasteiger partial charge is 0.480 e. The first kappa shape index (κ1) is 15.1. The number of hydrogen-bond acceptors (Lipinski definition) is 4. The number of aromatic amines is 1. The summed E-state index contributed by atoms with van der Waals surface area (Å²) in [6.07, 6.45) is 1.84. The number of hydrogen-bond donors (Lipinski definition) is 3. The minimum Gasteiger partial charge on any atom is -0.480 e. The zero-order chi connectivity index (χ0) is 14.4. The Morgan fingerprint density at radius 3 is 2.37 bits per heavy atom. The van der Waals surface area contributed by atoms with Crippen LogP contribution in [-0.2, 0) is 16.1 Å². The van der Waals surface area contributed by atoms with Crippen molar-refractivity contribution in [1.29, 1.82) is 0 Å². The third kappa shape index (κ3) is 5.47. The van der Waals surface area contributed by atoms with E-state index in [4.69, 9.17) is 10.2 Å². The molecule has 0 fully saturated rings. The van der Waals surface area contributed by atoms with Crippen LogP contribution in [0, 0.1) is 0 Å². The normalized spacial score (nSPS) is 11.2. The molecule has 0 spiro atoms. The average Bonchev–Trinajstić information content (AvgIpc) is 2.73. The second kappa shape index (κ2) is 6.83. The Kier molecular flexibility index (Phi) is 5.43. The highest BCUT2D eigenvalue weighted by Gasteiger charge is 2.16. The SMILES string of the molecule is CC(C)c1c[n+](CCN(CC(=O)O)CC(=O)O)[nH]n1. The van der Waals surface area contributed by atoms with Gasteiger partial charge in [-0.2, -0.15) is 4.68 Å². The second-order valence-electron chi connectivity index (χ2n) is 4.61. The molecule has 0 aliphatic rings. The van der Waals surface area contributed by atoms with E-state index in [9.17, 15) is 9.59 Å². The fourth-order valence-corrected chi connectivity index (χ4v) is 1.58. The number of aromatic nitrogens is 3. The Morgan fingerprint density at radius 1 is 1.37 bits per heavy atom. The second-order valence-corrected chi connectivity index (χ2v) is 4.61. The first-order valence-corrected chi connectivity index (χ1v) is 5.99. The average molecular weight is 271 g/mol. The Hall–Kier alpha value is -1.96. The highest BCUT2D eigenvalue weighted by atomic mass is 16.4. The van der Waals surface area contributed by atoms with Crippen molar-refractivity contribution in [3.05, 3.63) is 11.9 Å². The molecule has 1 rings (SSSR count). The van der Waals surface area contributed by atoms with Gasteiger partial charge in [0.25, 0.3) is 0 Å². The molecule has 0 aliphatic carbocycles. The Labute approximate surface area is 110 Å². The maximum Gasteiger partial charge on any atom is 0.317 e. The van der Waals surface area contributed by atoms with Gasteiger partial charge in [-0.25, -0.2) is 0 Å². The van der Waals surface area contributed by atoms with E-state index in [2.05, 4.69) is 10.3 Å². The summed E-state index contributed by atoms with van der Waals surface area (Å²) in [6.45, 7) is 4.22. The smallest absolute Gasteiger partial charge is 0.317 e. The third-order valence-corrected chi connectivity index (χ3v) is 2.56. The number of carboxylic acids is 2. The van der Waals surface area contributed by atoms with Gasteiger partial charge in [0, 0.05) is 17.6 Å². The zero-order valence-corrected chi connectivity index (χ0v) is 11.0. The molecule has 19 heavy (non-hydrogen) atoms. The highest BCUT2D eigenvalue weighted by Crippen LogP contribution is 2.06. The van der Waals surface area contributed by atoms with Gasteiger partial charge >= 0.3 is 11.9 Å². The van der Waals surface area contributed by atoms with E-state index in [1.807, 2.05) is 20.0 Å². The van der Waals surface area contributed by atoms with E-state index >= 15 is 0 Å². The highest BCUT2D eigenvalue weighted by molar-refractivity contribution is 5.72. The number of nitrogens with one attached hydrogen (secondary N) is 1. The Morgan fingerprint density at radius 2 is 1.95 bits per heavy atom. The van der Waals surface area contributed by atoms with Gasteiger partial charge in [0.05, 0.1) is 13.1 Å². The summed E-state index contributed by atoms with van der Waals surface area (Å²) in [4.78, 5) is 22.6. The lowest BCUT2D eigenvalue weighted by atomic mass is 10.2. The molecule has 0 unspecified atom stereocenters. The molecule has 1 aromatic rings. The number of nitrogens with zero attached hydrogens (tertiary/aromatic N) is 3. The molecule has 0 bridgehead atoms. The summed E-state index contributed by atoms with van der Waals surface area (Å²) in [5.74, 6) is -1.79. The van der Waals surface area contributed by atoms with Gasteiger partial charge in [0.2, 0.25) is 5.69 Å². The van der Waals surface area contributed by atoms with E-state index in [1.54, 1.807) is 4.68 Å². The van der Waals surface area contributed by atoms with Gasteiger partial charge in [0.1, 0.15) is 6.54 Å². The van der Waals surface area contributed by atoms with Crippen molar-refractivity contribution in [3.8, 4) is 0 Å². The molecule has 1 heterocycles. The molecule has 8 nitrogen and oxygen atoms in total. The Bertz CT molecular complexity index is 428. The van der Waals surface area contributed by atoms with Crippen molar-refractivity contribution in [2.75, 3.05) is 19.6 Å². The van der Waals surface area contributed by atoms with Gasteiger partial charge in [-0.1, -0.05) is 19.1 Å². The molecule has 0 aliphatic heterocycles. The van der Waals surface area contributed by atoms with Gasteiger partial charge < -0.3 is 10.2 Å². The van der Waals surface area contributed by atoms with Crippen LogP contribution in [0.2, 0.25) is 0 Å². The van der Waals surface area contributed by atoms with Crippen LogP contribution in [0.15, 0.2) is 6.20 Å². The summed E-state index contributed by atoms with van der Waals surface area (Å²) in [6, 6.07) is 0. The van der Waals surface area contributed by atoms with Crippen LogP contribution in [0.4, 0.5) is 0 Å². The Balaban J connectivity index is 2.54. The van der Waals surface area contributed by atoms with E-state index in [0.717, 1.165) is 5.69 Å². The lowest BCUT2D eigenvalue weighted by molar-refractivity contribution is -0.753. The van der Waals surface area contributed by atoms with Gasteiger partial charge in [-0.3, -0.25) is 14.5 Å². The number of carbonyl (C=O) groups is 2. The summed E-state index contributed by atoms with van der Waals surface area (Å²) in [5.41, 5.74) is 0.906. The minimum absolute atomic E-state index is 0.294. The van der Waals surface area contributed by atoms with Crippen LogP contribution in [0.1, 0.15) is 25.5 Å². The number of carboxylic acid groups (broad SMARTS) is 2. The predicted octanol–water partition coefficient (Wildman–Crippen LogP) is -0.708. The summed E-state index contributed by atoms with van der Waals surface area (Å²) < 4.78 is 1.71. The maximum absolute atomic E-state index is 10.6. The van der Waals surface area contributed by atoms with E-state index < -0.39 is 11.9 Å². The lowest BCUT2D eigenvalue weighted by Gasteiger charge is -2.15. The number of rotatable bonds is 8. The minimum atomic E-state index is -1.04.